The number of hydrogen-bond acceptors (Lipinski definition) is 2. The second kappa shape index (κ2) is 5.95. The molecule has 3 unspecified atom stereocenters. The smallest absolute Gasteiger partial charge is 0.0136 e. The highest BCUT2D eigenvalue weighted by atomic mass is 32.2. The van der Waals surface area contributed by atoms with Crippen molar-refractivity contribution in [1.29, 1.82) is 0 Å². The molecule has 1 saturated carbocycles. The molecule has 1 nitrogen and oxygen atoms in total. The third-order valence-corrected chi connectivity index (χ3v) is 4.49. The minimum Gasteiger partial charge on any atom is -0.313 e. The summed E-state index contributed by atoms with van der Waals surface area (Å²) in [6.45, 7) is 1.23. The summed E-state index contributed by atoms with van der Waals surface area (Å²) in [5, 5.41) is 3.71. The lowest BCUT2D eigenvalue weighted by molar-refractivity contribution is 0.163. The Labute approximate surface area is 98.1 Å². The maximum Gasteiger partial charge on any atom is 0.0136 e. The first kappa shape index (κ1) is 11.5. The van der Waals surface area contributed by atoms with E-state index in [9.17, 15) is 0 Å². The van der Waals surface area contributed by atoms with Crippen LogP contribution in [0.1, 0.15) is 32.1 Å². The molecule has 2 rings (SSSR count). The molecule has 2 aliphatic rings. The molecule has 86 valence electrons. The molecule has 0 bridgehead atoms. The topological polar surface area (TPSA) is 12.0 Å². The van der Waals surface area contributed by atoms with Crippen LogP contribution in [0, 0.1) is 11.8 Å². The number of thioether (sulfide) groups is 1. The molecule has 2 heteroatoms. The van der Waals surface area contributed by atoms with Crippen molar-refractivity contribution in [3.05, 3.63) is 12.2 Å². The van der Waals surface area contributed by atoms with Gasteiger partial charge < -0.3 is 5.32 Å². The summed E-state index contributed by atoms with van der Waals surface area (Å²) in [5.41, 5.74) is 0. The number of rotatable bonds is 7. The highest BCUT2D eigenvalue weighted by molar-refractivity contribution is 7.98. The van der Waals surface area contributed by atoms with Crippen LogP contribution in [-0.4, -0.2) is 24.6 Å². The highest BCUT2D eigenvalue weighted by Crippen LogP contribution is 2.42. The van der Waals surface area contributed by atoms with Crippen molar-refractivity contribution in [3.63, 3.8) is 0 Å². The van der Waals surface area contributed by atoms with Gasteiger partial charge in [-0.05, 0) is 56.1 Å². The Morgan fingerprint density at radius 1 is 1.33 bits per heavy atom. The zero-order valence-corrected chi connectivity index (χ0v) is 10.6. The van der Waals surface area contributed by atoms with E-state index in [4.69, 9.17) is 0 Å². The molecule has 0 amide bonds. The van der Waals surface area contributed by atoms with Gasteiger partial charge in [0.2, 0.25) is 0 Å². The van der Waals surface area contributed by atoms with Crippen LogP contribution in [-0.2, 0) is 0 Å². The van der Waals surface area contributed by atoms with Crippen LogP contribution in [0.4, 0.5) is 0 Å². The summed E-state index contributed by atoms with van der Waals surface area (Å²) in [6, 6.07) is 0.814. The first-order valence-corrected chi connectivity index (χ1v) is 7.70. The summed E-state index contributed by atoms with van der Waals surface area (Å²) in [6.07, 6.45) is 13.9. The fourth-order valence-corrected chi connectivity index (χ4v) is 3.28. The molecule has 0 spiro atoms. The molecular formula is C13H23NS. The number of fused-ring (bicyclic) bond motifs is 1. The van der Waals surface area contributed by atoms with Gasteiger partial charge in [0.25, 0.3) is 0 Å². The Morgan fingerprint density at radius 2 is 2.27 bits per heavy atom. The molecule has 0 aromatic heterocycles. The van der Waals surface area contributed by atoms with Gasteiger partial charge in [-0.15, -0.1) is 0 Å². The quantitative estimate of drug-likeness (QED) is 0.528. The molecule has 0 heterocycles. The molecule has 1 fully saturated rings. The highest BCUT2D eigenvalue weighted by Gasteiger charge is 2.40. The first-order valence-electron chi connectivity index (χ1n) is 6.31. The van der Waals surface area contributed by atoms with E-state index < -0.39 is 0 Å². The standard InChI is InChI=1S/C13H23NS/c1-15-9-4-2-3-8-14-13-10-11-6-5-7-12(11)13/h5,7,11-14H,2-4,6,8-10H2,1H3. The minimum absolute atomic E-state index is 0.814. The summed E-state index contributed by atoms with van der Waals surface area (Å²) in [7, 11) is 0. The van der Waals surface area contributed by atoms with Crippen molar-refractivity contribution in [2.24, 2.45) is 11.8 Å². The molecule has 0 aromatic rings. The fourth-order valence-electron chi connectivity index (χ4n) is 2.78. The number of unbranched alkanes of at least 4 members (excludes halogenated alkanes) is 2. The van der Waals surface area contributed by atoms with Gasteiger partial charge >= 0.3 is 0 Å². The maximum atomic E-state index is 3.71. The van der Waals surface area contributed by atoms with Gasteiger partial charge in [0.1, 0.15) is 0 Å². The van der Waals surface area contributed by atoms with Crippen molar-refractivity contribution in [3.8, 4) is 0 Å². The Morgan fingerprint density at radius 3 is 3.07 bits per heavy atom. The van der Waals surface area contributed by atoms with Crippen molar-refractivity contribution in [2.45, 2.75) is 38.1 Å². The maximum absolute atomic E-state index is 3.71. The second-order valence-corrected chi connectivity index (χ2v) is 5.84. The van der Waals surface area contributed by atoms with Gasteiger partial charge in [0.15, 0.2) is 0 Å². The summed E-state index contributed by atoms with van der Waals surface area (Å²) in [4.78, 5) is 0. The van der Waals surface area contributed by atoms with E-state index in [1.807, 2.05) is 11.8 Å². The molecule has 0 aliphatic heterocycles. The van der Waals surface area contributed by atoms with Crippen LogP contribution in [0.15, 0.2) is 12.2 Å². The van der Waals surface area contributed by atoms with Crippen molar-refractivity contribution in [2.75, 3.05) is 18.6 Å². The lowest BCUT2D eigenvalue weighted by Gasteiger charge is -2.40. The van der Waals surface area contributed by atoms with Gasteiger partial charge in [0, 0.05) is 6.04 Å². The van der Waals surface area contributed by atoms with Gasteiger partial charge in [-0.2, -0.15) is 11.8 Å². The summed E-state index contributed by atoms with van der Waals surface area (Å²) >= 11 is 1.96. The van der Waals surface area contributed by atoms with Crippen LogP contribution in [0.3, 0.4) is 0 Å². The van der Waals surface area contributed by atoms with Gasteiger partial charge in [-0.25, -0.2) is 0 Å². The predicted octanol–water partition coefficient (Wildman–Crippen LogP) is 3.07. The van der Waals surface area contributed by atoms with Crippen LogP contribution in [0.2, 0.25) is 0 Å². The Balaban J connectivity index is 1.47. The van der Waals surface area contributed by atoms with E-state index in [0.717, 1.165) is 17.9 Å². The van der Waals surface area contributed by atoms with Gasteiger partial charge in [-0.1, -0.05) is 18.6 Å². The molecule has 2 aliphatic carbocycles. The van der Waals surface area contributed by atoms with E-state index in [0.29, 0.717) is 0 Å². The molecule has 1 N–H and O–H groups in total. The van der Waals surface area contributed by atoms with Crippen molar-refractivity contribution in [1.82, 2.24) is 5.32 Å². The molecule has 0 aromatic carbocycles. The molecule has 0 saturated heterocycles. The molecule has 3 atom stereocenters. The summed E-state index contributed by atoms with van der Waals surface area (Å²) < 4.78 is 0. The Kier molecular flexibility index (Phi) is 4.58. The van der Waals surface area contributed by atoms with Crippen LogP contribution in [0.5, 0.6) is 0 Å². The number of nitrogens with one attached hydrogen (secondary N) is 1. The normalized spacial score (nSPS) is 32.7. The van der Waals surface area contributed by atoms with E-state index >= 15 is 0 Å². The molecular weight excluding hydrogens is 202 g/mol. The Hall–Kier alpha value is 0.0500. The average molecular weight is 225 g/mol. The first-order chi connectivity index (χ1) is 7.42. The van der Waals surface area contributed by atoms with Gasteiger partial charge in [0.05, 0.1) is 0 Å². The zero-order valence-electron chi connectivity index (χ0n) is 9.74. The largest absolute Gasteiger partial charge is 0.313 e. The predicted molar refractivity (Wildman–Crippen MR) is 69.4 cm³/mol. The zero-order chi connectivity index (χ0) is 10.5. The van der Waals surface area contributed by atoms with E-state index in [-0.39, 0.29) is 0 Å². The lowest BCUT2D eigenvalue weighted by Crippen LogP contribution is -2.48. The van der Waals surface area contributed by atoms with Crippen molar-refractivity contribution < 1.29 is 0 Å². The van der Waals surface area contributed by atoms with Crippen LogP contribution >= 0.6 is 11.8 Å². The number of hydrogen-bond donors (Lipinski definition) is 1. The van der Waals surface area contributed by atoms with E-state index in [1.54, 1.807) is 0 Å². The monoisotopic (exact) mass is 225 g/mol. The minimum atomic E-state index is 0.814. The SMILES string of the molecule is CSCCCCCNC1CC2CC=CC21. The third-order valence-electron chi connectivity index (χ3n) is 3.79. The fraction of sp³-hybridized carbons (Fsp3) is 0.846. The second-order valence-electron chi connectivity index (χ2n) is 4.85. The lowest BCUT2D eigenvalue weighted by atomic mass is 9.71. The Bertz CT molecular complexity index is 215. The number of allylic oxidation sites excluding steroid dienone is 1. The van der Waals surface area contributed by atoms with Gasteiger partial charge in [-0.3, -0.25) is 0 Å². The van der Waals surface area contributed by atoms with E-state index in [1.165, 1.54) is 44.4 Å². The van der Waals surface area contributed by atoms with Crippen LogP contribution in [0.25, 0.3) is 0 Å². The molecule has 15 heavy (non-hydrogen) atoms. The molecule has 0 radical (unpaired) electrons. The summed E-state index contributed by atoms with van der Waals surface area (Å²) in [5.74, 6) is 3.21. The van der Waals surface area contributed by atoms with Crippen molar-refractivity contribution >= 4 is 11.8 Å². The van der Waals surface area contributed by atoms with E-state index in [2.05, 4.69) is 23.7 Å². The third kappa shape index (κ3) is 3.01. The average Bonchev–Trinajstić information content (AvgIpc) is 2.59. The van der Waals surface area contributed by atoms with Crippen LogP contribution < -0.4 is 5.32 Å².